The molecule has 0 bridgehead atoms. The molecule has 4 nitrogen and oxygen atoms in total. The molecule has 4 aliphatic rings. The molecule has 304 valence electrons. The average molecular weight is 824 g/mol. The van der Waals surface area contributed by atoms with Crippen molar-refractivity contribution < 1.29 is 13.9 Å². The maximum atomic E-state index is 7.02. The Hall–Kier alpha value is -8.08. The number of allylic oxidation sites excluding steroid dienone is 3. The summed E-state index contributed by atoms with van der Waals surface area (Å²) in [6.45, 7) is 2.03. The molecule has 64 heavy (non-hydrogen) atoms. The van der Waals surface area contributed by atoms with Gasteiger partial charge in [0.05, 0.1) is 5.41 Å². The lowest BCUT2D eigenvalue weighted by Gasteiger charge is -2.31. The summed E-state index contributed by atoms with van der Waals surface area (Å²) in [5, 5.41) is 6.18. The third-order valence-corrected chi connectivity index (χ3v) is 13.5. The quantitative estimate of drug-likeness (QED) is 0.170. The van der Waals surface area contributed by atoms with Crippen molar-refractivity contribution in [2.45, 2.75) is 25.2 Å². The first-order chi connectivity index (χ1) is 31.7. The van der Waals surface area contributed by atoms with E-state index in [1.807, 2.05) is 13.0 Å². The fourth-order valence-electron chi connectivity index (χ4n) is 10.8. The van der Waals surface area contributed by atoms with Crippen LogP contribution in [0.5, 0.6) is 23.0 Å². The van der Waals surface area contributed by atoms with E-state index < -0.39 is 5.41 Å². The lowest BCUT2D eigenvalue weighted by Crippen LogP contribution is -2.25. The average Bonchev–Trinajstić information content (AvgIpc) is 3.97. The van der Waals surface area contributed by atoms with Crippen LogP contribution in [0, 0.1) is 0 Å². The first-order valence-electron chi connectivity index (χ1n) is 22.2. The molecule has 1 aromatic heterocycles. The molecule has 1 N–H and O–H groups in total. The first-order valence-corrected chi connectivity index (χ1v) is 22.2. The predicted octanol–water partition coefficient (Wildman–Crippen LogP) is 14.7. The van der Waals surface area contributed by atoms with Crippen molar-refractivity contribution in [3.8, 4) is 67.5 Å². The summed E-state index contributed by atoms with van der Waals surface area (Å²) >= 11 is 0. The lowest BCUT2D eigenvalue weighted by molar-refractivity contribution is 0.359. The normalized spacial score (nSPS) is 14.4. The number of anilines is 2. The summed E-state index contributed by atoms with van der Waals surface area (Å²) in [4.78, 5) is 0. The molecular formula is C60H41NO3. The minimum absolute atomic E-state index is 0.478. The summed E-state index contributed by atoms with van der Waals surface area (Å²) in [5.74, 6) is 2.76. The van der Waals surface area contributed by atoms with Crippen molar-refractivity contribution in [1.82, 2.24) is 0 Å². The fraction of sp³-hybridized carbons (Fsp3) is 0.0667. The van der Waals surface area contributed by atoms with E-state index in [2.05, 4.69) is 199 Å². The van der Waals surface area contributed by atoms with E-state index in [1.54, 1.807) is 0 Å². The van der Waals surface area contributed by atoms with Crippen molar-refractivity contribution in [3.05, 3.63) is 220 Å². The largest absolute Gasteiger partial charge is 0.456 e. The van der Waals surface area contributed by atoms with Crippen LogP contribution in [0.4, 0.5) is 11.4 Å². The molecule has 13 rings (SSSR count). The van der Waals surface area contributed by atoms with Gasteiger partial charge in [-0.15, -0.1) is 0 Å². The summed E-state index contributed by atoms with van der Waals surface area (Å²) in [5.41, 5.74) is 18.8. The highest BCUT2D eigenvalue weighted by Gasteiger charge is 2.52. The van der Waals surface area contributed by atoms with E-state index in [1.165, 1.54) is 55.1 Å². The minimum Gasteiger partial charge on any atom is -0.456 e. The molecule has 0 saturated carbocycles. The molecule has 0 unspecified atom stereocenters. The Bertz CT molecular complexity index is 3580. The zero-order valence-corrected chi connectivity index (χ0v) is 35.2. The zero-order chi connectivity index (χ0) is 42.4. The van der Waals surface area contributed by atoms with Gasteiger partial charge in [0.2, 0.25) is 0 Å². The summed E-state index contributed by atoms with van der Waals surface area (Å²) < 4.78 is 20.2. The van der Waals surface area contributed by atoms with Crippen molar-refractivity contribution in [3.63, 3.8) is 0 Å². The molecule has 1 spiro atoms. The Balaban J connectivity index is 0.915. The van der Waals surface area contributed by atoms with E-state index >= 15 is 0 Å². The van der Waals surface area contributed by atoms with Crippen LogP contribution in [-0.4, -0.2) is 0 Å². The molecule has 1 aliphatic heterocycles. The lowest BCUT2D eigenvalue weighted by atomic mass is 9.70. The molecule has 0 radical (unpaired) electrons. The number of furan rings is 1. The Morgan fingerprint density at radius 3 is 1.86 bits per heavy atom. The number of ether oxygens (including phenoxy) is 2. The third kappa shape index (κ3) is 5.36. The third-order valence-electron chi connectivity index (χ3n) is 13.5. The van der Waals surface area contributed by atoms with Gasteiger partial charge < -0.3 is 19.2 Å². The van der Waals surface area contributed by atoms with Gasteiger partial charge in [-0.25, -0.2) is 0 Å². The van der Waals surface area contributed by atoms with Gasteiger partial charge in [0, 0.05) is 27.5 Å². The van der Waals surface area contributed by atoms with Crippen LogP contribution in [0.25, 0.3) is 73.7 Å². The van der Waals surface area contributed by atoms with Crippen molar-refractivity contribution in [2.75, 3.05) is 5.32 Å². The van der Waals surface area contributed by atoms with Crippen LogP contribution in [0.3, 0.4) is 0 Å². The van der Waals surface area contributed by atoms with Crippen molar-refractivity contribution in [2.24, 2.45) is 0 Å². The number of nitrogens with one attached hydrogen (secondary N) is 1. The monoisotopic (exact) mass is 823 g/mol. The van der Waals surface area contributed by atoms with Gasteiger partial charge in [0.15, 0.2) is 23.0 Å². The Morgan fingerprint density at radius 1 is 0.500 bits per heavy atom. The van der Waals surface area contributed by atoms with E-state index in [9.17, 15) is 0 Å². The van der Waals surface area contributed by atoms with E-state index in [-0.39, 0.29) is 0 Å². The molecule has 9 aromatic rings. The fourth-order valence-corrected chi connectivity index (χ4v) is 10.8. The predicted molar refractivity (Wildman–Crippen MR) is 261 cm³/mol. The molecular weight excluding hydrogens is 783 g/mol. The number of fused-ring (bicyclic) bond motifs is 15. The topological polar surface area (TPSA) is 43.6 Å². The molecule has 2 heterocycles. The maximum Gasteiger partial charge on any atom is 0.170 e. The smallest absolute Gasteiger partial charge is 0.170 e. The van der Waals surface area contributed by atoms with Gasteiger partial charge in [0.25, 0.3) is 0 Å². The highest BCUT2D eigenvalue weighted by molar-refractivity contribution is 5.98. The molecule has 0 amide bonds. The summed E-state index contributed by atoms with van der Waals surface area (Å²) in [6.07, 6.45) is 14.9. The molecule has 4 heteroatoms. The standard InChI is InChI=1S/C60H41NO3/c1-2-3-4-17-38-33-55-56(34-46(38)44-23-8-13-29-52(44)61-39-19-15-18-37(32-39)40-25-16-31-54-59(40)45-24-9-14-30-53(45)62-54)64-58-36-51-47(35-57(58)63-55)43-22-7-12-28-50(43)60(51)48-26-10-5-20-41(48)42-21-6-11-27-49(42)60/h2-8,10-13,15-36,61H,9,14H2,1H3/b3-2-,17-4+. The van der Waals surface area contributed by atoms with E-state index in [4.69, 9.17) is 13.9 Å². The highest BCUT2D eigenvalue weighted by Crippen LogP contribution is 2.64. The molecule has 8 aromatic carbocycles. The molecule has 0 fully saturated rings. The molecule has 0 atom stereocenters. The van der Waals surface area contributed by atoms with Gasteiger partial charge in [-0.2, -0.15) is 0 Å². The second-order valence-electron chi connectivity index (χ2n) is 17.0. The van der Waals surface area contributed by atoms with Gasteiger partial charge in [-0.3, -0.25) is 0 Å². The second kappa shape index (κ2) is 14.2. The van der Waals surface area contributed by atoms with Gasteiger partial charge >= 0.3 is 0 Å². The number of hydrogen-bond acceptors (Lipinski definition) is 4. The van der Waals surface area contributed by atoms with Gasteiger partial charge in [0.1, 0.15) is 11.0 Å². The number of para-hydroxylation sites is 1. The van der Waals surface area contributed by atoms with Crippen LogP contribution in [0.2, 0.25) is 0 Å². The minimum atomic E-state index is -0.478. The SMILES string of the molecule is C/C=C\C=C\c1cc2c(cc1-c1ccccc1Nc1cccc(-c3cccc4oc5c(c34)=CCCC=5)c1)Oc1cc3c(cc1O2)-c1ccccc1C31c2ccccc2-c2ccccc21. The van der Waals surface area contributed by atoms with Crippen LogP contribution in [0.15, 0.2) is 186 Å². The Kier molecular flexibility index (Phi) is 8.13. The van der Waals surface area contributed by atoms with Gasteiger partial charge in [-0.05, 0) is 141 Å². The second-order valence-corrected chi connectivity index (χ2v) is 17.0. The Labute approximate surface area is 371 Å². The zero-order valence-electron chi connectivity index (χ0n) is 35.2. The highest BCUT2D eigenvalue weighted by atomic mass is 16.6. The first kappa shape index (κ1) is 36.6. The Morgan fingerprint density at radius 2 is 1.11 bits per heavy atom. The van der Waals surface area contributed by atoms with Crippen LogP contribution in [-0.2, 0) is 5.41 Å². The van der Waals surface area contributed by atoms with Crippen LogP contribution in [0.1, 0.15) is 47.6 Å². The van der Waals surface area contributed by atoms with Crippen molar-refractivity contribution >= 4 is 40.6 Å². The molecule has 0 saturated heterocycles. The van der Waals surface area contributed by atoms with E-state index in [0.29, 0.717) is 23.0 Å². The number of hydrogen-bond donors (Lipinski definition) is 1. The van der Waals surface area contributed by atoms with Crippen LogP contribution < -0.4 is 25.4 Å². The summed E-state index contributed by atoms with van der Waals surface area (Å²) in [6, 6.07) is 58.8. The van der Waals surface area contributed by atoms with E-state index in [0.717, 1.165) is 63.0 Å². The van der Waals surface area contributed by atoms with Crippen LogP contribution >= 0.6 is 0 Å². The van der Waals surface area contributed by atoms with Crippen molar-refractivity contribution in [1.29, 1.82) is 0 Å². The number of rotatable bonds is 6. The number of benzene rings is 8. The maximum absolute atomic E-state index is 7.02. The van der Waals surface area contributed by atoms with Gasteiger partial charge in [-0.1, -0.05) is 146 Å². The summed E-state index contributed by atoms with van der Waals surface area (Å²) in [7, 11) is 0. The molecule has 3 aliphatic carbocycles.